The van der Waals surface area contributed by atoms with Gasteiger partial charge < -0.3 is 10.6 Å². The number of hydrogen-bond acceptors (Lipinski definition) is 4. The van der Waals surface area contributed by atoms with Crippen molar-refractivity contribution in [2.24, 2.45) is 0 Å². The predicted octanol–water partition coefficient (Wildman–Crippen LogP) is 2.99. The standard InChI is InChI=1S/C15H18FN3OS/c1-3-17-14-11(5-4-6-12(14)16)15(20)18-8-7-13-19-10(2)9-21-13/h4-6,9,17H,3,7-8H2,1-2H3,(H,18,20). The number of rotatable bonds is 6. The van der Waals surface area contributed by atoms with Gasteiger partial charge in [-0.25, -0.2) is 9.37 Å². The van der Waals surface area contributed by atoms with Crippen molar-refractivity contribution in [3.63, 3.8) is 0 Å². The summed E-state index contributed by atoms with van der Waals surface area (Å²) in [5, 5.41) is 8.66. The van der Waals surface area contributed by atoms with Crippen LogP contribution in [0.15, 0.2) is 23.6 Å². The van der Waals surface area contributed by atoms with Gasteiger partial charge in [0.1, 0.15) is 5.82 Å². The van der Waals surface area contributed by atoms with Gasteiger partial charge in [-0.1, -0.05) is 6.07 Å². The molecule has 112 valence electrons. The van der Waals surface area contributed by atoms with E-state index in [9.17, 15) is 9.18 Å². The largest absolute Gasteiger partial charge is 0.382 e. The van der Waals surface area contributed by atoms with Gasteiger partial charge in [-0.2, -0.15) is 0 Å². The predicted molar refractivity (Wildman–Crippen MR) is 83.5 cm³/mol. The number of nitrogens with zero attached hydrogens (tertiary/aromatic N) is 1. The van der Waals surface area contributed by atoms with Crippen molar-refractivity contribution in [1.29, 1.82) is 0 Å². The summed E-state index contributed by atoms with van der Waals surface area (Å²) in [7, 11) is 0. The van der Waals surface area contributed by atoms with Gasteiger partial charge >= 0.3 is 0 Å². The second-order valence-electron chi connectivity index (χ2n) is 4.58. The summed E-state index contributed by atoms with van der Waals surface area (Å²) in [6.45, 7) is 4.83. The Hall–Kier alpha value is -1.95. The molecule has 2 rings (SSSR count). The number of hydrogen-bond donors (Lipinski definition) is 2. The van der Waals surface area contributed by atoms with Crippen LogP contribution in [0, 0.1) is 12.7 Å². The Kier molecular flexibility index (Phi) is 5.27. The van der Waals surface area contributed by atoms with E-state index in [-0.39, 0.29) is 11.6 Å². The van der Waals surface area contributed by atoms with Crippen LogP contribution < -0.4 is 10.6 Å². The van der Waals surface area contributed by atoms with E-state index in [1.165, 1.54) is 12.1 Å². The normalized spacial score (nSPS) is 10.4. The zero-order valence-corrected chi connectivity index (χ0v) is 12.9. The number of para-hydroxylation sites is 1. The highest BCUT2D eigenvalue weighted by Gasteiger charge is 2.14. The molecule has 0 saturated heterocycles. The molecule has 0 saturated carbocycles. The number of carbonyl (C=O) groups excluding carboxylic acids is 1. The molecule has 6 heteroatoms. The molecule has 2 N–H and O–H groups in total. The summed E-state index contributed by atoms with van der Waals surface area (Å²) in [5.74, 6) is -0.696. The monoisotopic (exact) mass is 307 g/mol. The lowest BCUT2D eigenvalue weighted by Crippen LogP contribution is -2.27. The molecule has 4 nitrogen and oxygen atoms in total. The Labute approximate surface area is 127 Å². The lowest BCUT2D eigenvalue weighted by molar-refractivity contribution is 0.0954. The molecule has 1 aromatic heterocycles. The van der Waals surface area contributed by atoms with Crippen molar-refractivity contribution in [1.82, 2.24) is 10.3 Å². The van der Waals surface area contributed by atoms with Crippen molar-refractivity contribution in [2.45, 2.75) is 20.3 Å². The number of anilines is 1. The molecule has 0 bridgehead atoms. The van der Waals surface area contributed by atoms with Crippen LogP contribution in [0.1, 0.15) is 28.0 Å². The van der Waals surface area contributed by atoms with Gasteiger partial charge in [0.05, 0.1) is 16.3 Å². The van der Waals surface area contributed by atoms with Crippen molar-refractivity contribution in [3.8, 4) is 0 Å². The Morgan fingerprint density at radius 1 is 1.43 bits per heavy atom. The minimum atomic E-state index is -0.417. The molecule has 1 heterocycles. The minimum absolute atomic E-state index is 0.252. The fourth-order valence-electron chi connectivity index (χ4n) is 1.97. The quantitative estimate of drug-likeness (QED) is 0.862. The Morgan fingerprint density at radius 3 is 2.90 bits per heavy atom. The van der Waals surface area contributed by atoms with Crippen LogP contribution in [0.4, 0.5) is 10.1 Å². The third kappa shape index (κ3) is 4.01. The smallest absolute Gasteiger partial charge is 0.253 e. The van der Waals surface area contributed by atoms with Crippen LogP contribution in [0.25, 0.3) is 0 Å². The van der Waals surface area contributed by atoms with Crippen LogP contribution in [0.2, 0.25) is 0 Å². The average molecular weight is 307 g/mol. The molecular formula is C15H18FN3OS. The first kappa shape index (κ1) is 15.4. The number of nitrogens with one attached hydrogen (secondary N) is 2. The number of benzene rings is 1. The topological polar surface area (TPSA) is 54.0 Å². The fraction of sp³-hybridized carbons (Fsp3) is 0.333. The summed E-state index contributed by atoms with van der Waals surface area (Å²) in [6.07, 6.45) is 0.677. The molecular weight excluding hydrogens is 289 g/mol. The molecule has 21 heavy (non-hydrogen) atoms. The van der Waals surface area contributed by atoms with Gasteiger partial charge in [-0.05, 0) is 26.0 Å². The summed E-state index contributed by atoms with van der Waals surface area (Å²) in [5.41, 5.74) is 1.57. The van der Waals surface area contributed by atoms with Crippen LogP contribution in [-0.2, 0) is 6.42 Å². The first-order chi connectivity index (χ1) is 10.1. The second-order valence-corrected chi connectivity index (χ2v) is 5.52. The van der Waals surface area contributed by atoms with Crippen LogP contribution in [0.5, 0.6) is 0 Å². The van der Waals surface area contributed by atoms with Gasteiger partial charge in [0.2, 0.25) is 0 Å². The van der Waals surface area contributed by atoms with Crippen molar-refractivity contribution in [2.75, 3.05) is 18.4 Å². The number of aryl methyl sites for hydroxylation is 1. The molecule has 0 aliphatic heterocycles. The molecule has 0 unspecified atom stereocenters. The van der Waals surface area contributed by atoms with Gasteiger partial charge in [0.25, 0.3) is 5.91 Å². The highest BCUT2D eigenvalue weighted by molar-refractivity contribution is 7.09. The van der Waals surface area contributed by atoms with Gasteiger partial charge in [-0.3, -0.25) is 4.79 Å². The average Bonchev–Trinajstić information content (AvgIpc) is 2.87. The molecule has 0 fully saturated rings. The second kappa shape index (κ2) is 7.17. The van der Waals surface area contributed by atoms with Crippen molar-refractivity contribution >= 4 is 22.9 Å². The number of halogens is 1. The summed E-state index contributed by atoms with van der Waals surface area (Å²) in [4.78, 5) is 16.5. The van der Waals surface area contributed by atoms with E-state index in [0.29, 0.717) is 25.1 Å². The number of carbonyl (C=O) groups is 1. The molecule has 2 aromatic rings. The number of amides is 1. The highest BCUT2D eigenvalue weighted by Crippen LogP contribution is 2.19. The van der Waals surface area contributed by atoms with E-state index in [1.807, 2.05) is 19.2 Å². The number of aromatic nitrogens is 1. The van der Waals surface area contributed by atoms with Crippen LogP contribution >= 0.6 is 11.3 Å². The first-order valence-corrected chi connectivity index (χ1v) is 7.71. The SMILES string of the molecule is CCNc1c(F)cccc1C(=O)NCCc1nc(C)cs1. The highest BCUT2D eigenvalue weighted by atomic mass is 32.1. The van der Waals surface area contributed by atoms with Gasteiger partial charge in [0.15, 0.2) is 0 Å². The summed E-state index contributed by atoms with van der Waals surface area (Å²) in [6, 6.07) is 4.49. The Balaban J connectivity index is 1.98. The van der Waals surface area contributed by atoms with E-state index in [2.05, 4.69) is 15.6 Å². The maximum absolute atomic E-state index is 13.7. The van der Waals surface area contributed by atoms with Crippen LogP contribution in [0.3, 0.4) is 0 Å². The zero-order valence-electron chi connectivity index (χ0n) is 12.1. The van der Waals surface area contributed by atoms with Crippen molar-refractivity contribution in [3.05, 3.63) is 45.7 Å². The molecule has 1 aromatic carbocycles. The molecule has 0 radical (unpaired) electrons. The maximum Gasteiger partial charge on any atom is 0.253 e. The lowest BCUT2D eigenvalue weighted by Gasteiger charge is -2.11. The van der Waals surface area contributed by atoms with E-state index >= 15 is 0 Å². The number of thiazole rings is 1. The molecule has 0 aliphatic rings. The van der Waals surface area contributed by atoms with Gasteiger partial charge in [-0.15, -0.1) is 11.3 Å². The summed E-state index contributed by atoms with van der Waals surface area (Å²) >= 11 is 1.58. The summed E-state index contributed by atoms with van der Waals surface area (Å²) < 4.78 is 13.7. The van der Waals surface area contributed by atoms with Crippen LogP contribution in [-0.4, -0.2) is 24.0 Å². The molecule has 0 atom stereocenters. The third-order valence-corrected chi connectivity index (χ3v) is 3.93. The third-order valence-electron chi connectivity index (χ3n) is 2.90. The van der Waals surface area contributed by atoms with Crippen molar-refractivity contribution < 1.29 is 9.18 Å². The van der Waals surface area contributed by atoms with E-state index in [4.69, 9.17) is 0 Å². The maximum atomic E-state index is 13.7. The van der Waals surface area contributed by atoms with E-state index in [0.717, 1.165) is 10.7 Å². The van der Waals surface area contributed by atoms with E-state index in [1.54, 1.807) is 17.4 Å². The minimum Gasteiger partial charge on any atom is -0.382 e. The van der Waals surface area contributed by atoms with E-state index < -0.39 is 5.82 Å². The molecule has 0 spiro atoms. The Bertz CT molecular complexity index is 627. The Morgan fingerprint density at radius 2 is 2.24 bits per heavy atom. The van der Waals surface area contributed by atoms with Gasteiger partial charge in [0, 0.05) is 30.6 Å². The zero-order chi connectivity index (χ0) is 15.2. The lowest BCUT2D eigenvalue weighted by atomic mass is 10.1. The molecule has 0 aliphatic carbocycles. The molecule has 1 amide bonds. The fourth-order valence-corrected chi connectivity index (χ4v) is 2.74. The first-order valence-electron chi connectivity index (χ1n) is 6.83.